The van der Waals surface area contributed by atoms with Crippen LogP contribution in [0.4, 0.5) is 18.9 Å². The standard InChI is InChI=1S/C18H18F3N5O2/c1-10-3-4-13(9-28-11(2)27)25(10)12-5-6-16-14(7-12)15(18(19,20)21)8-17-22-23-24-26(16)17/h5-8,10,13H,3-4,9H2,1-2H3/t10-,13-/m1/s1. The molecule has 0 bridgehead atoms. The van der Waals surface area contributed by atoms with Gasteiger partial charge in [0.2, 0.25) is 0 Å². The molecule has 0 amide bonds. The van der Waals surface area contributed by atoms with Crippen molar-refractivity contribution in [3.63, 3.8) is 0 Å². The predicted octanol–water partition coefficient (Wildman–Crippen LogP) is 3.22. The fourth-order valence-electron chi connectivity index (χ4n) is 3.90. The summed E-state index contributed by atoms with van der Waals surface area (Å²) in [4.78, 5) is 13.2. The van der Waals surface area contributed by atoms with Crippen LogP contribution in [0.25, 0.3) is 16.6 Å². The van der Waals surface area contributed by atoms with Crippen molar-refractivity contribution in [1.82, 2.24) is 20.0 Å². The Balaban J connectivity index is 1.84. The molecule has 0 aliphatic carbocycles. The molecule has 3 aromatic rings. The number of carbonyl (C=O) groups is 1. The van der Waals surface area contributed by atoms with E-state index in [4.69, 9.17) is 4.74 Å². The Bertz CT molecular complexity index is 1050. The van der Waals surface area contributed by atoms with E-state index in [0.717, 1.165) is 18.9 Å². The van der Waals surface area contributed by atoms with Gasteiger partial charge in [-0.2, -0.15) is 17.7 Å². The minimum absolute atomic E-state index is 0.0233. The Morgan fingerprint density at radius 1 is 1.29 bits per heavy atom. The van der Waals surface area contributed by atoms with Crippen LogP contribution in [0.15, 0.2) is 24.3 Å². The minimum atomic E-state index is -4.54. The number of anilines is 1. The molecular formula is C18H18F3N5O2. The van der Waals surface area contributed by atoms with Crippen LogP contribution in [0.1, 0.15) is 32.3 Å². The zero-order valence-electron chi connectivity index (χ0n) is 15.3. The third kappa shape index (κ3) is 3.12. The summed E-state index contributed by atoms with van der Waals surface area (Å²) in [6.07, 6.45) is -2.88. The molecule has 28 heavy (non-hydrogen) atoms. The number of aromatic nitrogens is 4. The molecule has 3 heterocycles. The van der Waals surface area contributed by atoms with Crippen molar-refractivity contribution in [2.24, 2.45) is 0 Å². The van der Waals surface area contributed by atoms with Gasteiger partial charge in [0.1, 0.15) is 6.61 Å². The fraction of sp³-hybridized carbons (Fsp3) is 0.444. The van der Waals surface area contributed by atoms with Gasteiger partial charge < -0.3 is 9.64 Å². The molecule has 0 unspecified atom stereocenters. The molecule has 1 fully saturated rings. The summed E-state index contributed by atoms with van der Waals surface area (Å²) in [5.74, 6) is -0.376. The molecule has 1 aliphatic rings. The van der Waals surface area contributed by atoms with E-state index in [9.17, 15) is 18.0 Å². The van der Waals surface area contributed by atoms with Crippen molar-refractivity contribution in [2.45, 2.75) is 44.9 Å². The number of rotatable bonds is 3. The quantitative estimate of drug-likeness (QED) is 0.637. The molecule has 2 aromatic heterocycles. The van der Waals surface area contributed by atoms with Crippen molar-refractivity contribution < 1.29 is 22.7 Å². The highest BCUT2D eigenvalue weighted by Crippen LogP contribution is 2.38. The third-order valence-corrected chi connectivity index (χ3v) is 5.13. The van der Waals surface area contributed by atoms with Crippen molar-refractivity contribution in [1.29, 1.82) is 0 Å². The highest BCUT2D eigenvalue weighted by molar-refractivity contribution is 5.89. The zero-order valence-corrected chi connectivity index (χ0v) is 15.3. The summed E-state index contributed by atoms with van der Waals surface area (Å²) < 4.78 is 47.5. The molecule has 0 saturated carbocycles. The number of benzene rings is 1. The summed E-state index contributed by atoms with van der Waals surface area (Å²) in [5.41, 5.74) is 0.180. The molecule has 7 nitrogen and oxygen atoms in total. The predicted molar refractivity (Wildman–Crippen MR) is 94.9 cm³/mol. The van der Waals surface area contributed by atoms with Gasteiger partial charge in [-0.3, -0.25) is 4.79 Å². The second kappa shape index (κ2) is 6.61. The topological polar surface area (TPSA) is 72.6 Å². The normalized spacial score (nSPS) is 20.2. The van der Waals surface area contributed by atoms with Gasteiger partial charge in [-0.15, -0.1) is 5.10 Å². The van der Waals surface area contributed by atoms with Crippen LogP contribution in [-0.2, 0) is 15.7 Å². The van der Waals surface area contributed by atoms with Crippen LogP contribution in [-0.4, -0.2) is 44.7 Å². The number of alkyl halides is 3. The van der Waals surface area contributed by atoms with E-state index in [1.54, 1.807) is 12.1 Å². The number of hydrogen-bond donors (Lipinski definition) is 0. The lowest BCUT2D eigenvalue weighted by Crippen LogP contribution is -2.37. The van der Waals surface area contributed by atoms with Crippen molar-refractivity contribution in [3.8, 4) is 0 Å². The van der Waals surface area contributed by atoms with Crippen LogP contribution in [0.5, 0.6) is 0 Å². The lowest BCUT2D eigenvalue weighted by molar-refractivity contribution is -0.141. The van der Waals surface area contributed by atoms with Crippen LogP contribution in [0.2, 0.25) is 0 Å². The van der Waals surface area contributed by atoms with Gasteiger partial charge in [-0.25, -0.2) is 0 Å². The maximum atomic E-state index is 13.7. The number of hydrogen-bond acceptors (Lipinski definition) is 6. The van der Waals surface area contributed by atoms with E-state index >= 15 is 0 Å². The summed E-state index contributed by atoms with van der Waals surface area (Å²) in [7, 11) is 0. The van der Waals surface area contributed by atoms with Gasteiger partial charge in [0.25, 0.3) is 0 Å². The molecule has 0 N–H and O–H groups in total. The lowest BCUT2D eigenvalue weighted by atomic mass is 10.1. The molecule has 10 heteroatoms. The van der Waals surface area contributed by atoms with Crippen LogP contribution in [0.3, 0.4) is 0 Å². The second-order valence-electron chi connectivity index (χ2n) is 7.00. The first kappa shape index (κ1) is 18.5. The molecule has 148 valence electrons. The van der Waals surface area contributed by atoms with Gasteiger partial charge >= 0.3 is 12.1 Å². The Morgan fingerprint density at radius 3 is 2.79 bits per heavy atom. The first-order chi connectivity index (χ1) is 13.3. The Hall–Kier alpha value is -2.91. The molecule has 4 rings (SSSR count). The fourth-order valence-corrected chi connectivity index (χ4v) is 3.90. The highest BCUT2D eigenvalue weighted by atomic mass is 19.4. The monoisotopic (exact) mass is 393 g/mol. The van der Waals surface area contributed by atoms with E-state index in [1.807, 2.05) is 11.8 Å². The minimum Gasteiger partial charge on any atom is -0.464 e. The van der Waals surface area contributed by atoms with Crippen LogP contribution < -0.4 is 4.90 Å². The zero-order chi connectivity index (χ0) is 20.1. The van der Waals surface area contributed by atoms with Gasteiger partial charge in [0.05, 0.1) is 17.1 Å². The highest BCUT2D eigenvalue weighted by Gasteiger charge is 2.35. The largest absolute Gasteiger partial charge is 0.464 e. The van der Waals surface area contributed by atoms with E-state index in [1.165, 1.54) is 17.5 Å². The summed E-state index contributed by atoms with van der Waals surface area (Å²) in [6.45, 7) is 3.55. The number of esters is 1. The smallest absolute Gasteiger partial charge is 0.417 e. The first-order valence-electron chi connectivity index (χ1n) is 8.89. The number of pyridine rings is 1. The van der Waals surface area contributed by atoms with E-state index in [-0.39, 0.29) is 41.2 Å². The molecule has 1 aliphatic heterocycles. The second-order valence-corrected chi connectivity index (χ2v) is 7.00. The summed E-state index contributed by atoms with van der Waals surface area (Å²) in [5, 5.41) is 10.9. The number of carbonyl (C=O) groups excluding carboxylic acids is 1. The van der Waals surface area contributed by atoms with Gasteiger partial charge in [-0.05, 0) is 54.5 Å². The first-order valence-corrected chi connectivity index (χ1v) is 8.89. The van der Waals surface area contributed by atoms with E-state index < -0.39 is 11.7 Å². The Morgan fingerprint density at radius 2 is 2.07 bits per heavy atom. The molecular weight excluding hydrogens is 375 g/mol. The maximum absolute atomic E-state index is 13.7. The molecule has 1 saturated heterocycles. The maximum Gasteiger partial charge on any atom is 0.417 e. The Kier molecular flexibility index (Phi) is 4.35. The summed E-state index contributed by atoms with van der Waals surface area (Å²) >= 11 is 0. The average molecular weight is 393 g/mol. The number of halogens is 3. The van der Waals surface area contributed by atoms with E-state index in [0.29, 0.717) is 5.69 Å². The number of fused-ring (bicyclic) bond motifs is 3. The van der Waals surface area contributed by atoms with Crippen LogP contribution in [0, 0.1) is 0 Å². The molecule has 0 spiro atoms. The number of nitrogens with zero attached hydrogens (tertiary/aromatic N) is 5. The van der Waals surface area contributed by atoms with Gasteiger partial charge in [0.15, 0.2) is 5.65 Å². The van der Waals surface area contributed by atoms with Crippen molar-refractivity contribution in [3.05, 3.63) is 29.8 Å². The van der Waals surface area contributed by atoms with Gasteiger partial charge in [0, 0.05) is 24.0 Å². The van der Waals surface area contributed by atoms with E-state index in [2.05, 4.69) is 15.5 Å². The third-order valence-electron chi connectivity index (χ3n) is 5.13. The average Bonchev–Trinajstić information content (AvgIpc) is 3.24. The summed E-state index contributed by atoms with van der Waals surface area (Å²) in [6, 6.07) is 5.85. The lowest BCUT2D eigenvalue weighted by Gasteiger charge is -2.31. The molecule has 2 atom stereocenters. The van der Waals surface area contributed by atoms with Crippen molar-refractivity contribution >= 4 is 28.2 Å². The van der Waals surface area contributed by atoms with Crippen LogP contribution >= 0.6 is 0 Å². The number of ether oxygens (including phenoxy) is 1. The molecule has 1 aromatic carbocycles. The Labute approximate surface area is 158 Å². The number of tetrazole rings is 1. The van der Waals surface area contributed by atoms with Crippen molar-refractivity contribution in [2.75, 3.05) is 11.5 Å². The SMILES string of the molecule is CC(=O)OC[C@H]1CC[C@@H](C)N1c1ccc2c(c1)c(C(F)(F)F)cc1nnnn12. The molecule has 0 radical (unpaired) electrons. The van der Waals surface area contributed by atoms with Gasteiger partial charge in [-0.1, -0.05) is 0 Å².